The second-order valence-electron chi connectivity index (χ2n) is 4.66. The Hall–Kier alpha value is -2.31. The molecule has 20 heavy (non-hydrogen) atoms. The second kappa shape index (κ2) is 4.99. The van der Waals surface area contributed by atoms with E-state index in [1.54, 1.807) is 13.8 Å². The maximum Gasteiger partial charge on any atom is 0.334 e. The van der Waals surface area contributed by atoms with Crippen LogP contribution >= 0.6 is 0 Å². The van der Waals surface area contributed by atoms with Crippen molar-refractivity contribution in [2.75, 3.05) is 0 Å². The molecule has 0 atom stereocenters. The van der Waals surface area contributed by atoms with Crippen molar-refractivity contribution >= 4 is 17.8 Å². The van der Waals surface area contributed by atoms with E-state index in [-0.39, 0.29) is 5.56 Å². The van der Waals surface area contributed by atoms with Gasteiger partial charge in [-0.2, -0.15) is 0 Å². The summed E-state index contributed by atoms with van der Waals surface area (Å²) >= 11 is 0. The van der Waals surface area contributed by atoms with Crippen molar-refractivity contribution in [3.63, 3.8) is 0 Å². The topological polar surface area (TPSA) is 57.7 Å². The summed E-state index contributed by atoms with van der Waals surface area (Å²) in [6.07, 6.45) is 0. The number of carbonyl (C=O) groups is 3. The van der Waals surface area contributed by atoms with Crippen LogP contribution in [0.5, 0.6) is 0 Å². The molecule has 1 saturated heterocycles. The molecule has 4 amide bonds. The van der Waals surface area contributed by atoms with Crippen molar-refractivity contribution in [1.82, 2.24) is 9.80 Å². The molecule has 0 aromatic heterocycles. The van der Waals surface area contributed by atoms with Crippen molar-refractivity contribution in [3.8, 4) is 0 Å². The zero-order chi connectivity index (χ0) is 15.0. The molecule has 1 aromatic carbocycles. The van der Waals surface area contributed by atoms with Crippen LogP contribution in [0.15, 0.2) is 18.2 Å². The summed E-state index contributed by atoms with van der Waals surface area (Å²) in [5.74, 6) is -4.20. The molecule has 1 heterocycles. The van der Waals surface area contributed by atoms with E-state index in [0.29, 0.717) is 4.90 Å². The molecule has 7 heteroatoms. The average molecular weight is 282 g/mol. The Balaban J connectivity index is 2.30. The van der Waals surface area contributed by atoms with Gasteiger partial charge in [-0.3, -0.25) is 19.4 Å². The summed E-state index contributed by atoms with van der Waals surface area (Å²) in [5.41, 5.74) is -0.162. The summed E-state index contributed by atoms with van der Waals surface area (Å²) in [4.78, 5) is 36.7. The molecule has 0 spiro atoms. The Kier molecular flexibility index (Phi) is 3.52. The molecule has 0 radical (unpaired) electrons. The van der Waals surface area contributed by atoms with Crippen LogP contribution in [0, 0.1) is 11.6 Å². The lowest BCUT2D eigenvalue weighted by molar-refractivity contribution is -0.144. The Labute approximate surface area is 113 Å². The summed E-state index contributed by atoms with van der Waals surface area (Å²) < 4.78 is 26.6. The van der Waals surface area contributed by atoms with Crippen LogP contribution < -0.4 is 0 Å². The maximum absolute atomic E-state index is 13.5. The highest BCUT2D eigenvalue weighted by Crippen LogP contribution is 2.20. The zero-order valence-electron chi connectivity index (χ0n) is 10.9. The van der Waals surface area contributed by atoms with Gasteiger partial charge in [0.2, 0.25) is 0 Å². The summed E-state index contributed by atoms with van der Waals surface area (Å²) in [7, 11) is 0. The number of hydrogen-bond acceptors (Lipinski definition) is 3. The third-order valence-corrected chi connectivity index (χ3v) is 2.96. The molecular formula is C13H12F2N2O3. The average Bonchev–Trinajstić information content (AvgIpc) is 2.58. The highest BCUT2D eigenvalue weighted by atomic mass is 19.2. The van der Waals surface area contributed by atoms with Crippen LogP contribution in [0.1, 0.15) is 19.4 Å². The quantitative estimate of drug-likeness (QED) is 0.626. The predicted octanol–water partition coefficient (Wildman–Crippen LogP) is 1.66. The minimum Gasteiger partial charge on any atom is -0.263 e. The highest BCUT2D eigenvalue weighted by Gasteiger charge is 2.45. The number of nitrogens with zero attached hydrogens (tertiary/aromatic N) is 2. The fourth-order valence-corrected chi connectivity index (χ4v) is 1.96. The van der Waals surface area contributed by atoms with Gasteiger partial charge in [0.1, 0.15) is 0 Å². The van der Waals surface area contributed by atoms with Gasteiger partial charge in [-0.1, -0.05) is 12.1 Å². The van der Waals surface area contributed by atoms with Crippen molar-refractivity contribution in [2.24, 2.45) is 0 Å². The normalized spacial score (nSPS) is 15.8. The van der Waals surface area contributed by atoms with Crippen LogP contribution in [0.25, 0.3) is 0 Å². The van der Waals surface area contributed by atoms with Gasteiger partial charge in [0.05, 0.1) is 6.54 Å². The third kappa shape index (κ3) is 2.15. The van der Waals surface area contributed by atoms with Gasteiger partial charge in [-0.25, -0.2) is 13.6 Å². The monoisotopic (exact) mass is 282 g/mol. The molecule has 0 aliphatic carbocycles. The molecule has 1 aliphatic rings. The summed E-state index contributed by atoms with van der Waals surface area (Å²) in [5, 5.41) is 0. The van der Waals surface area contributed by atoms with Crippen LogP contribution in [-0.2, 0) is 16.1 Å². The van der Waals surface area contributed by atoms with Crippen LogP contribution in [-0.4, -0.2) is 33.7 Å². The molecule has 1 aromatic rings. The number of rotatable bonds is 3. The van der Waals surface area contributed by atoms with Gasteiger partial charge in [0, 0.05) is 11.6 Å². The van der Waals surface area contributed by atoms with E-state index in [4.69, 9.17) is 0 Å². The van der Waals surface area contributed by atoms with Gasteiger partial charge >= 0.3 is 17.8 Å². The van der Waals surface area contributed by atoms with Crippen LogP contribution in [0.2, 0.25) is 0 Å². The molecule has 106 valence electrons. The van der Waals surface area contributed by atoms with Crippen LogP contribution in [0.4, 0.5) is 13.6 Å². The number of hydrogen-bond donors (Lipinski definition) is 0. The Morgan fingerprint density at radius 3 is 2.30 bits per heavy atom. The molecule has 0 saturated carbocycles. The number of carbonyl (C=O) groups excluding carboxylic acids is 3. The molecule has 1 fully saturated rings. The minimum absolute atomic E-state index is 0.162. The molecule has 0 unspecified atom stereocenters. The summed E-state index contributed by atoms with van der Waals surface area (Å²) in [6.45, 7) is 2.68. The highest BCUT2D eigenvalue weighted by molar-refractivity contribution is 6.44. The Morgan fingerprint density at radius 2 is 1.75 bits per heavy atom. The van der Waals surface area contributed by atoms with E-state index in [2.05, 4.69) is 0 Å². The molecule has 2 rings (SSSR count). The van der Waals surface area contributed by atoms with Crippen molar-refractivity contribution in [1.29, 1.82) is 0 Å². The molecule has 0 N–H and O–H groups in total. The molecule has 0 bridgehead atoms. The van der Waals surface area contributed by atoms with E-state index in [1.165, 1.54) is 12.1 Å². The number of amides is 4. The van der Waals surface area contributed by atoms with Gasteiger partial charge in [-0.15, -0.1) is 0 Å². The predicted molar refractivity (Wildman–Crippen MR) is 64.3 cm³/mol. The summed E-state index contributed by atoms with van der Waals surface area (Å²) in [6, 6.07) is 2.14. The first-order valence-electron chi connectivity index (χ1n) is 5.96. The van der Waals surface area contributed by atoms with Gasteiger partial charge < -0.3 is 0 Å². The molecular weight excluding hydrogens is 270 g/mol. The first kappa shape index (κ1) is 14.1. The van der Waals surface area contributed by atoms with E-state index < -0.39 is 42.1 Å². The maximum atomic E-state index is 13.5. The van der Waals surface area contributed by atoms with E-state index >= 15 is 0 Å². The largest absolute Gasteiger partial charge is 0.334 e. The smallest absolute Gasteiger partial charge is 0.263 e. The first-order chi connectivity index (χ1) is 9.34. The van der Waals surface area contributed by atoms with Gasteiger partial charge in [0.25, 0.3) is 0 Å². The van der Waals surface area contributed by atoms with Crippen molar-refractivity contribution in [2.45, 2.75) is 26.4 Å². The SMILES string of the molecule is CC(C)N1C(=O)C(=O)N(Cc2cccc(F)c2F)C1=O. The first-order valence-corrected chi connectivity index (χ1v) is 5.96. The van der Waals surface area contributed by atoms with E-state index in [0.717, 1.165) is 11.0 Å². The number of halogens is 2. The molecule has 5 nitrogen and oxygen atoms in total. The number of urea groups is 1. The van der Waals surface area contributed by atoms with E-state index in [1.807, 2.05) is 0 Å². The number of imide groups is 2. The lowest BCUT2D eigenvalue weighted by Crippen LogP contribution is -2.38. The lowest BCUT2D eigenvalue weighted by Gasteiger charge is -2.18. The fourth-order valence-electron chi connectivity index (χ4n) is 1.96. The second-order valence-corrected chi connectivity index (χ2v) is 4.66. The van der Waals surface area contributed by atoms with Crippen molar-refractivity contribution < 1.29 is 23.2 Å². The minimum atomic E-state index is -1.14. The van der Waals surface area contributed by atoms with Crippen molar-refractivity contribution in [3.05, 3.63) is 35.4 Å². The van der Waals surface area contributed by atoms with Crippen LogP contribution in [0.3, 0.4) is 0 Å². The molecule has 1 aliphatic heterocycles. The zero-order valence-corrected chi connectivity index (χ0v) is 10.9. The van der Waals surface area contributed by atoms with Gasteiger partial charge in [0.15, 0.2) is 11.6 Å². The van der Waals surface area contributed by atoms with Gasteiger partial charge in [-0.05, 0) is 19.9 Å². The Bertz CT molecular complexity index is 601. The number of benzene rings is 1. The third-order valence-electron chi connectivity index (χ3n) is 2.96. The lowest BCUT2D eigenvalue weighted by atomic mass is 10.2. The standard InChI is InChI=1S/C13H12F2N2O3/c1-7(2)17-12(19)11(18)16(13(17)20)6-8-4-3-5-9(14)10(8)15/h3-5,7H,6H2,1-2H3. The Morgan fingerprint density at radius 1 is 1.10 bits per heavy atom. The van der Waals surface area contributed by atoms with E-state index in [9.17, 15) is 23.2 Å². The fraction of sp³-hybridized carbons (Fsp3) is 0.308.